The van der Waals surface area contributed by atoms with E-state index in [-0.39, 0.29) is 24.9 Å². The average molecular weight is 237 g/mol. The summed E-state index contributed by atoms with van der Waals surface area (Å²) in [5.41, 5.74) is 6.29. The van der Waals surface area contributed by atoms with Crippen LogP contribution in [0.1, 0.15) is 0 Å². The quantitative estimate of drug-likeness (QED) is 0.823. The largest absolute Gasteiger partial charge is 0.383 e. The number of methoxy groups -OCH3 is 1. The van der Waals surface area contributed by atoms with E-state index in [0.29, 0.717) is 0 Å². The zero-order chi connectivity index (χ0) is 9.68. The van der Waals surface area contributed by atoms with Gasteiger partial charge < -0.3 is 15.8 Å². The van der Waals surface area contributed by atoms with E-state index in [1.807, 2.05) is 16.8 Å². The summed E-state index contributed by atoms with van der Waals surface area (Å²) in [7, 11) is 1.51. The van der Waals surface area contributed by atoms with E-state index in [9.17, 15) is 4.79 Å². The molecule has 1 aromatic heterocycles. The normalized spacial score (nSPS) is 11.6. The first-order valence-corrected chi connectivity index (χ1v) is 4.76. The van der Waals surface area contributed by atoms with Gasteiger partial charge in [0, 0.05) is 12.5 Å². The molecular formula is C8H13ClN2O2S. The Kier molecular flexibility index (Phi) is 6.48. The number of nitrogens with two attached hydrogens (primary N) is 1. The number of carbonyl (C=O) groups excluding carboxylic acids is 1. The van der Waals surface area contributed by atoms with Crippen LogP contribution in [0.4, 0.5) is 5.69 Å². The predicted octanol–water partition coefficient (Wildman–Crippen LogP) is 1.08. The fraction of sp³-hybridized carbons (Fsp3) is 0.375. The Morgan fingerprint density at radius 2 is 2.50 bits per heavy atom. The van der Waals surface area contributed by atoms with E-state index in [2.05, 4.69) is 5.32 Å². The zero-order valence-corrected chi connectivity index (χ0v) is 9.36. The highest BCUT2D eigenvalue weighted by Crippen LogP contribution is 2.11. The molecule has 0 aromatic carbocycles. The highest BCUT2D eigenvalue weighted by Gasteiger charge is 2.12. The zero-order valence-electron chi connectivity index (χ0n) is 7.73. The summed E-state index contributed by atoms with van der Waals surface area (Å²) in [6.07, 6.45) is 0. The lowest BCUT2D eigenvalue weighted by Gasteiger charge is -2.09. The van der Waals surface area contributed by atoms with Crippen molar-refractivity contribution >= 4 is 35.3 Å². The van der Waals surface area contributed by atoms with Crippen molar-refractivity contribution in [1.29, 1.82) is 0 Å². The topological polar surface area (TPSA) is 64.3 Å². The highest BCUT2D eigenvalue weighted by atomic mass is 35.5. The van der Waals surface area contributed by atoms with Gasteiger partial charge in [-0.25, -0.2) is 0 Å². The van der Waals surface area contributed by atoms with Gasteiger partial charge in [-0.3, -0.25) is 4.79 Å². The van der Waals surface area contributed by atoms with Crippen LogP contribution < -0.4 is 11.1 Å². The molecule has 0 aliphatic carbocycles. The molecule has 0 saturated carbocycles. The fourth-order valence-electron chi connectivity index (χ4n) is 0.826. The second kappa shape index (κ2) is 6.78. The number of ether oxygens (including phenoxy) is 1. The van der Waals surface area contributed by atoms with Crippen molar-refractivity contribution in [3.05, 3.63) is 16.8 Å². The lowest BCUT2D eigenvalue weighted by molar-refractivity contribution is -0.118. The first-order chi connectivity index (χ1) is 6.24. The third-order valence-electron chi connectivity index (χ3n) is 1.47. The summed E-state index contributed by atoms with van der Waals surface area (Å²) < 4.78 is 4.76. The lowest BCUT2D eigenvalue weighted by atomic mass is 10.3. The van der Waals surface area contributed by atoms with Gasteiger partial charge in [-0.2, -0.15) is 11.3 Å². The minimum Gasteiger partial charge on any atom is -0.383 e. The van der Waals surface area contributed by atoms with Crippen LogP contribution in [0, 0.1) is 0 Å². The molecule has 3 N–H and O–H groups in total. The number of rotatable bonds is 4. The molecule has 0 aliphatic rings. The molecule has 0 aliphatic heterocycles. The Morgan fingerprint density at radius 1 is 1.79 bits per heavy atom. The van der Waals surface area contributed by atoms with Crippen LogP contribution in [0.5, 0.6) is 0 Å². The lowest BCUT2D eigenvalue weighted by Crippen LogP contribution is -2.39. The summed E-state index contributed by atoms with van der Waals surface area (Å²) in [4.78, 5) is 11.3. The van der Waals surface area contributed by atoms with Gasteiger partial charge >= 0.3 is 0 Å². The van der Waals surface area contributed by atoms with E-state index < -0.39 is 6.04 Å². The number of hydrogen-bond donors (Lipinski definition) is 2. The minimum absolute atomic E-state index is 0. The molecule has 1 heterocycles. The van der Waals surface area contributed by atoms with Crippen LogP contribution in [-0.4, -0.2) is 25.7 Å². The van der Waals surface area contributed by atoms with Crippen molar-refractivity contribution in [2.24, 2.45) is 5.73 Å². The maximum absolute atomic E-state index is 11.3. The van der Waals surface area contributed by atoms with Crippen LogP contribution >= 0.6 is 23.7 Å². The molecular weight excluding hydrogens is 224 g/mol. The first kappa shape index (κ1) is 13.4. The maximum atomic E-state index is 11.3. The number of halogens is 1. The van der Waals surface area contributed by atoms with E-state index >= 15 is 0 Å². The first-order valence-electron chi connectivity index (χ1n) is 3.81. The Hall–Kier alpha value is -0.620. The second-order valence-corrected chi connectivity index (χ2v) is 3.34. The Labute approximate surface area is 92.8 Å². The molecule has 1 atom stereocenters. The molecule has 14 heavy (non-hydrogen) atoms. The average Bonchev–Trinajstić information content (AvgIpc) is 2.57. The molecule has 1 rings (SSSR count). The number of anilines is 1. The van der Waals surface area contributed by atoms with Crippen LogP contribution in [0.25, 0.3) is 0 Å². The SMILES string of the molecule is COCC(N)C(=O)Nc1ccsc1.Cl. The smallest absolute Gasteiger partial charge is 0.243 e. The van der Waals surface area contributed by atoms with E-state index in [0.717, 1.165) is 5.69 Å². The number of amides is 1. The van der Waals surface area contributed by atoms with Crippen LogP contribution in [0.3, 0.4) is 0 Å². The molecule has 1 unspecified atom stereocenters. The molecule has 80 valence electrons. The number of hydrogen-bond acceptors (Lipinski definition) is 4. The van der Waals surface area contributed by atoms with Crippen LogP contribution in [0.15, 0.2) is 16.8 Å². The van der Waals surface area contributed by atoms with Gasteiger partial charge in [-0.05, 0) is 11.4 Å². The third-order valence-corrected chi connectivity index (χ3v) is 2.15. The molecule has 0 bridgehead atoms. The highest BCUT2D eigenvalue weighted by molar-refractivity contribution is 7.08. The summed E-state index contributed by atoms with van der Waals surface area (Å²) in [6.45, 7) is 0.232. The molecule has 6 heteroatoms. The molecule has 0 spiro atoms. The van der Waals surface area contributed by atoms with Crippen LogP contribution in [0.2, 0.25) is 0 Å². The summed E-state index contributed by atoms with van der Waals surface area (Å²) >= 11 is 1.52. The van der Waals surface area contributed by atoms with Crippen molar-refractivity contribution < 1.29 is 9.53 Å². The van der Waals surface area contributed by atoms with Gasteiger partial charge in [0.05, 0.1) is 12.3 Å². The number of carbonyl (C=O) groups is 1. The van der Waals surface area contributed by atoms with E-state index in [1.54, 1.807) is 0 Å². The summed E-state index contributed by atoms with van der Waals surface area (Å²) in [6, 6.07) is 1.21. The van der Waals surface area contributed by atoms with Crippen molar-refractivity contribution in [2.75, 3.05) is 19.0 Å². The molecule has 1 aromatic rings. The van der Waals surface area contributed by atoms with Gasteiger partial charge in [0.2, 0.25) is 5.91 Å². The molecule has 0 fully saturated rings. The Bertz CT molecular complexity index is 266. The third kappa shape index (κ3) is 4.06. The van der Waals surface area contributed by atoms with Crippen molar-refractivity contribution in [2.45, 2.75) is 6.04 Å². The molecule has 1 amide bonds. The van der Waals surface area contributed by atoms with Gasteiger partial charge in [0.25, 0.3) is 0 Å². The second-order valence-electron chi connectivity index (χ2n) is 2.56. The Morgan fingerprint density at radius 3 is 3.00 bits per heavy atom. The number of thiophene rings is 1. The molecule has 4 nitrogen and oxygen atoms in total. The predicted molar refractivity (Wildman–Crippen MR) is 60.0 cm³/mol. The van der Waals surface area contributed by atoms with Crippen molar-refractivity contribution in [3.8, 4) is 0 Å². The summed E-state index contributed by atoms with van der Waals surface area (Å²) in [5.74, 6) is -0.222. The van der Waals surface area contributed by atoms with Gasteiger partial charge in [-0.15, -0.1) is 12.4 Å². The van der Waals surface area contributed by atoms with Crippen molar-refractivity contribution in [3.63, 3.8) is 0 Å². The van der Waals surface area contributed by atoms with Crippen LogP contribution in [-0.2, 0) is 9.53 Å². The van der Waals surface area contributed by atoms with Gasteiger partial charge in [0.1, 0.15) is 6.04 Å². The van der Waals surface area contributed by atoms with E-state index in [1.165, 1.54) is 18.4 Å². The van der Waals surface area contributed by atoms with Gasteiger partial charge in [0.15, 0.2) is 0 Å². The molecule has 0 saturated heterocycles. The monoisotopic (exact) mass is 236 g/mol. The fourth-order valence-corrected chi connectivity index (χ4v) is 1.41. The number of nitrogens with one attached hydrogen (secondary N) is 1. The van der Waals surface area contributed by atoms with Gasteiger partial charge in [-0.1, -0.05) is 0 Å². The molecule has 0 radical (unpaired) electrons. The Balaban J connectivity index is 0.00000169. The van der Waals surface area contributed by atoms with Crippen molar-refractivity contribution in [1.82, 2.24) is 0 Å². The minimum atomic E-state index is -0.607. The standard InChI is InChI=1S/C8H12N2O2S.ClH/c1-12-4-7(9)8(11)10-6-2-3-13-5-6;/h2-3,5,7H,4,9H2,1H3,(H,10,11);1H. The summed E-state index contributed by atoms with van der Waals surface area (Å²) in [5, 5.41) is 6.40. The van der Waals surface area contributed by atoms with E-state index in [4.69, 9.17) is 10.5 Å². The maximum Gasteiger partial charge on any atom is 0.243 e.